The number of nitrogens with zero attached hydrogens (tertiary/aromatic N) is 3. The van der Waals surface area contributed by atoms with Gasteiger partial charge in [-0.3, -0.25) is 9.78 Å². The van der Waals surface area contributed by atoms with Crippen LogP contribution in [-0.4, -0.2) is 20.9 Å². The number of amides is 1. The lowest BCUT2D eigenvalue weighted by Gasteiger charge is -2.09. The number of hydrogen-bond donors (Lipinski definition) is 2. The summed E-state index contributed by atoms with van der Waals surface area (Å²) in [4.78, 5) is 24.6. The Labute approximate surface area is 144 Å². The molecule has 0 spiro atoms. The Bertz CT molecular complexity index is 886. The molecule has 3 rings (SSSR count). The number of benzene rings is 1. The van der Waals surface area contributed by atoms with Crippen molar-refractivity contribution in [2.24, 2.45) is 0 Å². The van der Waals surface area contributed by atoms with Gasteiger partial charge in [-0.1, -0.05) is 12.1 Å². The van der Waals surface area contributed by atoms with Gasteiger partial charge in [0, 0.05) is 24.6 Å². The van der Waals surface area contributed by atoms with Gasteiger partial charge in [0.05, 0.1) is 5.69 Å². The lowest BCUT2D eigenvalue weighted by Crippen LogP contribution is -2.24. The quantitative estimate of drug-likeness (QED) is 0.748. The maximum atomic E-state index is 13.7. The van der Waals surface area contributed by atoms with Crippen molar-refractivity contribution in [3.05, 3.63) is 77.6 Å². The standard InChI is InChI=1S/C18H16FN5O/c1-12-10-16(17(25)21-11-13-6-8-20-9-7-13)24-18(22-12)23-15-5-3-2-4-14(15)19/h2-10H,11H2,1H3,(H,21,25)(H,22,23,24). The number of anilines is 2. The van der Waals surface area contributed by atoms with E-state index in [9.17, 15) is 9.18 Å². The molecule has 2 N–H and O–H groups in total. The maximum absolute atomic E-state index is 13.7. The Hall–Kier alpha value is -3.35. The van der Waals surface area contributed by atoms with Crippen molar-refractivity contribution in [1.29, 1.82) is 0 Å². The van der Waals surface area contributed by atoms with Gasteiger partial charge in [-0.05, 0) is 42.8 Å². The number of halogens is 1. The zero-order chi connectivity index (χ0) is 17.6. The minimum Gasteiger partial charge on any atom is -0.347 e. The summed E-state index contributed by atoms with van der Waals surface area (Å²) in [6.07, 6.45) is 3.32. The second-order valence-corrected chi connectivity index (χ2v) is 5.36. The molecular weight excluding hydrogens is 321 g/mol. The molecule has 0 aliphatic rings. The molecular formula is C18H16FN5O. The number of aryl methyl sites for hydroxylation is 1. The number of aromatic nitrogens is 3. The molecule has 1 amide bonds. The molecule has 126 valence electrons. The molecule has 0 atom stereocenters. The highest BCUT2D eigenvalue weighted by atomic mass is 19.1. The molecule has 25 heavy (non-hydrogen) atoms. The predicted octanol–water partition coefficient (Wildman–Crippen LogP) is 2.99. The number of rotatable bonds is 5. The molecule has 0 bridgehead atoms. The Morgan fingerprint density at radius 2 is 1.88 bits per heavy atom. The zero-order valence-electron chi connectivity index (χ0n) is 13.5. The third-order valence-corrected chi connectivity index (χ3v) is 3.41. The molecule has 0 saturated heterocycles. The highest BCUT2D eigenvalue weighted by molar-refractivity contribution is 5.92. The van der Waals surface area contributed by atoms with Crippen LogP contribution >= 0.6 is 0 Å². The smallest absolute Gasteiger partial charge is 0.270 e. The molecule has 0 aliphatic heterocycles. The van der Waals surface area contributed by atoms with Gasteiger partial charge in [0.25, 0.3) is 5.91 Å². The number of para-hydroxylation sites is 1. The topological polar surface area (TPSA) is 79.8 Å². The summed E-state index contributed by atoms with van der Waals surface area (Å²) in [6.45, 7) is 2.11. The normalized spacial score (nSPS) is 10.3. The largest absolute Gasteiger partial charge is 0.347 e. The van der Waals surface area contributed by atoms with Crippen LogP contribution in [0.15, 0.2) is 54.9 Å². The first kappa shape index (κ1) is 16.5. The number of nitrogens with one attached hydrogen (secondary N) is 2. The predicted molar refractivity (Wildman–Crippen MR) is 91.9 cm³/mol. The van der Waals surface area contributed by atoms with E-state index in [2.05, 4.69) is 25.6 Å². The second-order valence-electron chi connectivity index (χ2n) is 5.36. The Balaban J connectivity index is 1.74. The molecule has 6 nitrogen and oxygen atoms in total. The van der Waals surface area contributed by atoms with Gasteiger partial charge >= 0.3 is 0 Å². The molecule has 0 saturated carbocycles. The minimum atomic E-state index is -0.420. The van der Waals surface area contributed by atoms with E-state index in [1.807, 2.05) is 12.1 Å². The first-order chi connectivity index (χ1) is 12.1. The summed E-state index contributed by atoms with van der Waals surface area (Å²) in [5.74, 6) is -0.589. The summed E-state index contributed by atoms with van der Waals surface area (Å²) in [5.41, 5.74) is 1.98. The van der Waals surface area contributed by atoms with Crippen molar-refractivity contribution in [2.75, 3.05) is 5.32 Å². The molecule has 2 aromatic heterocycles. The van der Waals surface area contributed by atoms with Gasteiger partial charge in [0.15, 0.2) is 0 Å². The van der Waals surface area contributed by atoms with Crippen molar-refractivity contribution < 1.29 is 9.18 Å². The van der Waals surface area contributed by atoms with Gasteiger partial charge in [0.2, 0.25) is 5.95 Å². The third kappa shape index (κ3) is 4.35. The molecule has 7 heteroatoms. The van der Waals surface area contributed by atoms with Crippen molar-refractivity contribution in [3.63, 3.8) is 0 Å². The van der Waals surface area contributed by atoms with Crippen molar-refractivity contribution in [1.82, 2.24) is 20.3 Å². The highest BCUT2D eigenvalue weighted by Crippen LogP contribution is 2.17. The lowest BCUT2D eigenvalue weighted by molar-refractivity contribution is 0.0945. The Kier molecular flexibility index (Phi) is 4.94. The van der Waals surface area contributed by atoms with Gasteiger partial charge in [-0.25, -0.2) is 14.4 Å². The summed E-state index contributed by atoms with van der Waals surface area (Å²) in [6, 6.07) is 11.4. The van der Waals surface area contributed by atoms with Crippen molar-refractivity contribution in [2.45, 2.75) is 13.5 Å². The van der Waals surface area contributed by atoms with Gasteiger partial charge in [0.1, 0.15) is 11.5 Å². The van der Waals surface area contributed by atoms with Crippen LogP contribution in [0.2, 0.25) is 0 Å². The van der Waals surface area contributed by atoms with Crippen LogP contribution in [0.4, 0.5) is 16.0 Å². The number of carbonyl (C=O) groups excluding carboxylic acids is 1. The Morgan fingerprint density at radius 1 is 1.12 bits per heavy atom. The summed E-state index contributed by atoms with van der Waals surface area (Å²) < 4.78 is 13.7. The third-order valence-electron chi connectivity index (χ3n) is 3.41. The fourth-order valence-electron chi connectivity index (χ4n) is 2.20. The molecule has 0 fully saturated rings. The van der Waals surface area contributed by atoms with Gasteiger partial charge < -0.3 is 10.6 Å². The van der Waals surface area contributed by atoms with E-state index in [1.165, 1.54) is 6.07 Å². The zero-order valence-corrected chi connectivity index (χ0v) is 13.5. The van der Waals surface area contributed by atoms with Crippen LogP contribution in [0.3, 0.4) is 0 Å². The van der Waals surface area contributed by atoms with E-state index in [0.717, 1.165) is 5.56 Å². The maximum Gasteiger partial charge on any atom is 0.270 e. The molecule has 1 aromatic carbocycles. The van der Waals surface area contributed by atoms with E-state index < -0.39 is 5.82 Å². The van der Waals surface area contributed by atoms with E-state index >= 15 is 0 Å². The van der Waals surface area contributed by atoms with E-state index in [0.29, 0.717) is 12.2 Å². The van der Waals surface area contributed by atoms with Crippen LogP contribution in [0.25, 0.3) is 0 Å². The summed E-state index contributed by atoms with van der Waals surface area (Å²) in [7, 11) is 0. The molecule has 0 aliphatic carbocycles. The van der Waals surface area contributed by atoms with Crippen molar-refractivity contribution in [3.8, 4) is 0 Å². The molecule has 0 unspecified atom stereocenters. The van der Waals surface area contributed by atoms with Crippen LogP contribution in [0.1, 0.15) is 21.7 Å². The SMILES string of the molecule is Cc1cc(C(=O)NCc2ccncc2)nc(Nc2ccccc2F)n1. The first-order valence-corrected chi connectivity index (χ1v) is 7.66. The average Bonchev–Trinajstić information content (AvgIpc) is 2.62. The summed E-state index contributed by atoms with van der Waals surface area (Å²) in [5, 5.41) is 5.58. The first-order valence-electron chi connectivity index (χ1n) is 7.66. The molecule has 2 heterocycles. The molecule has 3 aromatic rings. The van der Waals surface area contributed by atoms with Crippen LogP contribution in [0.5, 0.6) is 0 Å². The van der Waals surface area contributed by atoms with E-state index in [-0.39, 0.29) is 23.2 Å². The number of carbonyl (C=O) groups is 1. The summed E-state index contributed by atoms with van der Waals surface area (Å²) >= 11 is 0. The van der Waals surface area contributed by atoms with Crippen LogP contribution in [0, 0.1) is 12.7 Å². The highest BCUT2D eigenvalue weighted by Gasteiger charge is 2.11. The van der Waals surface area contributed by atoms with E-state index in [4.69, 9.17) is 0 Å². The Morgan fingerprint density at radius 3 is 2.64 bits per heavy atom. The lowest BCUT2D eigenvalue weighted by atomic mass is 10.2. The van der Waals surface area contributed by atoms with Gasteiger partial charge in [-0.2, -0.15) is 0 Å². The minimum absolute atomic E-state index is 0.166. The average molecular weight is 337 g/mol. The fraction of sp³-hybridized carbons (Fsp3) is 0.111. The van der Waals surface area contributed by atoms with E-state index in [1.54, 1.807) is 43.6 Å². The van der Waals surface area contributed by atoms with Crippen LogP contribution in [-0.2, 0) is 6.54 Å². The van der Waals surface area contributed by atoms with Crippen LogP contribution < -0.4 is 10.6 Å². The fourth-order valence-corrected chi connectivity index (χ4v) is 2.20. The number of hydrogen-bond acceptors (Lipinski definition) is 5. The second kappa shape index (κ2) is 7.48. The molecule has 0 radical (unpaired) electrons. The number of pyridine rings is 1. The van der Waals surface area contributed by atoms with Crippen molar-refractivity contribution >= 4 is 17.5 Å². The monoisotopic (exact) mass is 337 g/mol. The van der Waals surface area contributed by atoms with Gasteiger partial charge in [-0.15, -0.1) is 0 Å².